The number of ether oxygens (including phenoxy) is 3. The zero-order valence-electron chi connectivity index (χ0n) is 17.7. The summed E-state index contributed by atoms with van der Waals surface area (Å²) in [4.78, 5) is 15.1. The van der Waals surface area contributed by atoms with E-state index in [2.05, 4.69) is 4.90 Å². The fraction of sp³-hybridized carbons (Fsp3) is 0.458. The van der Waals surface area contributed by atoms with Crippen molar-refractivity contribution in [2.75, 3.05) is 39.5 Å². The summed E-state index contributed by atoms with van der Waals surface area (Å²) in [5.41, 5.74) is 1.13. The van der Waals surface area contributed by atoms with Gasteiger partial charge in [-0.1, -0.05) is 18.2 Å². The number of carbonyl (C=O) groups is 1. The van der Waals surface area contributed by atoms with Gasteiger partial charge in [0.25, 0.3) is 0 Å². The minimum absolute atomic E-state index is 0.0260. The van der Waals surface area contributed by atoms with Gasteiger partial charge in [-0.25, -0.2) is 9.18 Å². The van der Waals surface area contributed by atoms with E-state index in [9.17, 15) is 9.18 Å². The molecule has 2 aliphatic heterocycles. The van der Waals surface area contributed by atoms with Crippen molar-refractivity contribution in [1.29, 1.82) is 0 Å². The molecule has 1 saturated heterocycles. The summed E-state index contributed by atoms with van der Waals surface area (Å²) in [6, 6.07) is 12.4. The van der Waals surface area contributed by atoms with Gasteiger partial charge in [0.05, 0.1) is 13.0 Å². The second-order valence-electron chi connectivity index (χ2n) is 8.11. The number of amides is 1. The van der Waals surface area contributed by atoms with Crippen LogP contribution >= 0.6 is 0 Å². The number of nitrogens with zero attached hydrogens (tertiary/aromatic N) is 1. The molecule has 2 aromatic rings. The molecule has 4 rings (SSSR count). The van der Waals surface area contributed by atoms with Gasteiger partial charge < -0.3 is 14.2 Å². The van der Waals surface area contributed by atoms with Gasteiger partial charge in [0.1, 0.15) is 25.9 Å². The second-order valence-corrected chi connectivity index (χ2v) is 8.11. The molecule has 0 spiro atoms. The topological polar surface area (TPSA) is 64.6 Å². The van der Waals surface area contributed by atoms with Crippen LogP contribution in [0.3, 0.4) is 0 Å². The first kappa shape index (κ1) is 21.6. The molecular weight excluding hydrogens is 399 g/mol. The first-order chi connectivity index (χ1) is 15.2. The maximum absolute atomic E-state index is 13.7. The Hall–Kier alpha value is -2.64. The highest BCUT2D eigenvalue weighted by atomic mass is 19.1. The van der Waals surface area contributed by atoms with E-state index in [0.717, 1.165) is 43.1 Å². The van der Waals surface area contributed by atoms with Crippen LogP contribution in [0.4, 0.5) is 4.39 Å². The van der Waals surface area contributed by atoms with E-state index >= 15 is 0 Å². The highest BCUT2D eigenvalue weighted by molar-refractivity contribution is 5.65. The SMILES string of the molecule is O=C(CCOc1ccccc1F)[NH2+]C(Cc1ccc2c(c1)OCCO2)CN1CCCC1. The zero-order chi connectivity index (χ0) is 21.5. The highest BCUT2D eigenvalue weighted by Crippen LogP contribution is 2.31. The third-order valence-electron chi connectivity index (χ3n) is 5.66. The van der Waals surface area contributed by atoms with Gasteiger partial charge in [-0.2, -0.15) is 0 Å². The normalized spacial score (nSPS) is 16.8. The first-order valence-electron chi connectivity index (χ1n) is 11.0. The molecule has 6 nitrogen and oxygen atoms in total. The maximum atomic E-state index is 13.7. The van der Waals surface area contributed by atoms with E-state index < -0.39 is 5.82 Å². The van der Waals surface area contributed by atoms with E-state index in [0.29, 0.717) is 13.2 Å². The van der Waals surface area contributed by atoms with Crippen molar-refractivity contribution in [1.82, 2.24) is 4.90 Å². The van der Waals surface area contributed by atoms with E-state index in [1.165, 1.54) is 18.9 Å². The predicted molar refractivity (Wildman–Crippen MR) is 114 cm³/mol. The Morgan fingerprint density at radius 1 is 1.10 bits per heavy atom. The molecule has 0 radical (unpaired) electrons. The summed E-state index contributed by atoms with van der Waals surface area (Å²) in [5, 5.41) is 1.82. The lowest BCUT2D eigenvalue weighted by atomic mass is 10.0. The van der Waals surface area contributed by atoms with Gasteiger partial charge >= 0.3 is 5.91 Å². The van der Waals surface area contributed by atoms with Gasteiger partial charge in [0, 0.05) is 6.42 Å². The third kappa shape index (κ3) is 6.18. The smallest absolute Gasteiger partial charge is 0.314 e. The quantitative estimate of drug-likeness (QED) is 0.662. The number of carbonyl (C=O) groups excluding carboxylic acids is 1. The molecule has 1 unspecified atom stereocenters. The molecule has 7 heteroatoms. The summed E-state index contributed by atoms with van der Waals surface area (Å²) in [6.07, 6.45) is 3.40. The van der Waals surface area contributed by atoms with Gasteiger partial charge in [-0.3, -0.25) is 10.2 Å². The molecule has 2 N–H and O–H groups in total. The van der Waals surface area contributed by atoms with E-state index in [4.69, 9.17) is 14.2 Å². The number of primary amides is 1. The molecule has 0 aliphatic carbocycles. The van der Waals surface area contributed by atoms with Crippen LogP contribution in [0.25, 0.3) is 0 Å². The van der Waals surface area contributed by atoms with Crippen molar-refractivity contribution in [3.05, 3.63) is 53.8 Å². The average Bonchev–Trinajstić information content (AvgIpc) is 3.28. The summed E-state index contributed by atoms with van der Waals surface area (Å²) < 4.78 is 30.4. The van der Waals surface area contributed by atoms with Gasteiger partial charge in [-0.05, 0) is 55.8 Å². The maximum Gasteiger partial charge on any atom is 0.314 e. The number of likely N-dealkylation sites (tertiary alicyclic amines) is 1. The van der Waals surface area contributed by atoms with Crippen molar-refractivity contribution in [3.63, 3.8) is 0 Å². The van der Waals surface area contributed by atoms with Crippen molar-refractivity contribution in [2.24, 2.45) is 0 Å². The minimum atomic E-state index is -0.413. The van der Waals surface area contributed by atoms with Crippen LogP contribution in [0.5, 0.6) is 17.2 Å². The van der Waals surface area contributed by atoms with Crippen molar-refractivity contribution in [3.8, 4) is 17.2 Å². The number of rotatable bonds is 9. The van der Waals surface area contributed by atoms with E-state index in [1.807, 2.05) is 23.5 Å². The lowest BCUT2D eigenvalue weighted by molar-refractivity contribution is -0.606. The molecule has 1 amide bonds. The van der Waals surface area contributed by atoms with Crippen molar-refractivity contribution >= 4 is 5.91 Å². The fourth-order valence-electron chi connectivity index (χ4n) is 4.16. The van der Waals surface area contributed by atoms with Gasteiger partial charge in [0.15, 0.2) is 23.1 Å². The zero-order valence-corrected chi connectivity index (χ0v) is 17.7. The molecular formula is C24H30FN2O4+. The molecule has 31 heavy (non-hydrogen) atoms. The Morgan fingerprint density at radius 3 is 2.68 bits per heavy atom. The standard InChI is InChI=1S/C24H29FN2O4/c25-20-5-1-2-6-21(20)29-12-9-24(28)26-19(17-27-10-3-4-11-27)15-18-7-8-22-23(16-18)31-14-13-30-22/h1-2,5-8,16,19H,3-4,9-15,17H2,(H,26,28)/p+1. The molecule has 1 fully saturated rings. The largest absolute Gasteiger partial charge is 0.490 e. The molecule has 0 bridgehead atoms. The van der Waals surface area contributed by atoms with E-state index in [-0.39, 0.29) is 30.7 Å². The van der Waals surface area contributed by atoms with Crippen molar-refractivity contribution < 1.29 is 28.7 Å². The van der Waals surface area contributed by atoms with Gasteiger partial charge in [0.2, 0.25) is 0 Å². The molecule has 2 aliphatic rings. The van der Waals surface area contributed by atoms with Crippen LogP contribution < -0.4 is 19.5 Å². The summed E-state index contributed by atoms with van der Waals surface area (Å²) >= 11 is 0. The lowest BCUT2D eigenvalue weighted by Gasteiger charge is -2.23. The molecule has 2 heterocycles. The van der Waals surface area contributed by atoms with Gasteiger partial charge in [-0.15, -0.1) is 0 Å². The molecule has 166 valence electrons. The summed E-state index contributed by atoms with van der Waals surface area (Å²) in [6.45, 7) is 4.30. The number of nitrogens with two attached hydrogens (primary N) is 1. The molecule has 0 saturated carbocycles. The summed E-state index contributed by atoms with van der Waals surface area (Å²) in [7, 11) is 0. The number of halogens is 1. The summed E-state index contributed by atoms with van der Waals surface area (Å²) in [5.74, 6) is 1.34. The van der Waals surface area contributed by atoms with Crippen LogP contribution in [0.1, 0.15) is 24.8 Å². The second kappa shape index (κ2) is 10.6. The Morgan fingerprint density at radius 2 is 1.87 bits per heavy atom. The Bertz CT molecular complexity index is 886. The number of fused-ring (bicyclic) bond motifs is 1. The minimum Gasteiger partial charge on any atom is -0.490 e. The molecule has 1 atom stereocenters. The van der Waals surface area contributed by atoms with Crippen LogP contribution in [0.15, 0.2) is 42.5 Å². The Kier molecular flexibility index (Phi) is 7.38. The number of hydrogen-bond donors (Lipinski definition) is 1. The lowest BCUT2D eigenvalue weighted by Crippen LogP contribution is -2.95. The van der Waals surface area contributed by atoms with Crippen molar-refractivity contribution in [2.45, 2.75) is 31.7 Å². The Balaban J connectivity index is 1.34. The fourth-order valence-corrected chi connectivity index (χ4v) is 4.16. The predicted octanol–water partition coefficient (Wildman–Crippen LogP) is 2.16. The third-order valence-corrected chi connectivity index (χ3v) is 5.66. The van der Waals surface area contributed by atoms with Crippen LogP contribution in [-0.2, 0) is 11.2 Å². The monoisotopic (exact) mass is 429 g/mol. The van der Waals surface area contributed by atoms with Crippen LogP contribution in [-0.4, -0.2) is 56.3 Å². The number of quaternary nitrogens is 1. The number of para-hydroxylation sites is 1. The van der Waals surface area contributed by atoms with Crippen LogP contribution in [0, 0.1) is 5.82 Å². The Labute approximate surface area is 182 Å². The first-order valence-corrected chi connectivity index (χ1v) is 11.0. The number of hydrogen-bond acceptors (Lipinski definition) is 5. The highest BCUT2D eigenvalue weighted by Gasteiger charge is 2.24. The van der Waals surface area contributed by atoms with Crippen LogP contribution in [0.2, 0.25) is 0 Å². The molecule has 2 aromatic carbocycles. The number of benzene rings is 2. The van der Waals surface area contributed by atoms with E-state index in [1.54, 1.807) is 18.2 Å². The average molecular weight is 430 g/mol. The molecule has 0 aromatic heterocycles.